The molecule has 24 heavy (non-hydrogen) atoms. The molecule has 2 aromatic rings. The number of hydrogen-bond acceptors (Lipinski definition) is 7. The van der Waals surface area contributed by atoms with Crippen molar-refractivity contribution in [1.82, 2.24) is 14.6 Å². The average molecular weight is 334 g/mol. The molecule has 4 atom stereocenters. The molecule has 2 aliphatic rings. The van der Waals surface area contributed by atoms with Crippen LogP contribution in [0.5, 0.6) is 0 Å². The average Bonchev–Trinajstić information content (AvgIpc) is 3.15. The lowest BCUT2D eigenvalue weighted by molar-refractivity contribution is -0.204. The normalized spacial score (nSPS) is 36.8. The molecular weight excluding hydrogens is 314 g/mol. The molecule has 0 amide bonds. The Morgan fingerprint density at radius 3 is 3.08 bits per heavy atom. The summed E-state index contributed by atoms with van der Waals surface area (Å²) in [5.41, 5.74) is -1.81. The van der Waals surface area contributed by atoms with Crippen molar-refractivity contribution in [1.29, 1.82) is 10.7 Å². The van der Waals surface area contributed by atoms with E-state index >= 15 is 0 Å². The van der Waals surface area contributed by atoms with Crippen molar-refractivity contribution < 1.29 is 23.4 Å². The minimum atomic E-state index is -2.80. The van der Waals surface area contributed by atoms with Crippen LogP contribution in [-0.2, 0) is 19.8 Å². The molecular formula is C15H17N5O4. The second kappa shape index (κ2) is 4.87. The van der Waals surface area contributed by atoms with E-state index in [1.807, 2.05) is 6.07 Å². The molecule has 9 nitrogen and oxygen atoms in total. The summed E-state index contributed by atoms with van der Waals surface area (Å²) in [6, 6.07) is 3.28. The lowest BCUT2D eigenvalue weighted by Crippen LogP contribution is -2.41. The molecule has 0 radical (unpaired) electrons. The van der Waals surface area contributed by atoms with Gasteiger partial charge in [0.05, 0.1) is 16.4 Å². The van der Waals surface area contributed by atoms with E-state index < -0.39 is 36.3 Å². The van der Waals surface area contributed by atoms with Crippen LogP contribution in [0, 0.1) is 16.7 Å². The number of rotatable bonds is 2. The molecule has 0 bridgehead atoms. The molecule has 4 rings (SSSR count). The van der Waals surface area contributed by atoms with Crippen LogP contribution in [0.4, 0.5) is 0 Å². The van der Waals surface area contributed by atoms with Gasteiger partial charge < -0.3 is 19.3 Å². The number of aromatic nitrogens is 3. The fraction of sp³-hybridized carbons (Fsp3) is 0.533. The predicted molar refractivity (Wildman–Crippen MR) is 78.5 cm³/mol. The highest BCUT2D eigenvalue weighted by Crippen LogP contribution is 2.48. The molecule has 126 valence electrons. The van der Waals surface area contributed by atoms with Gasteiger partial charge in [0.2, 0.25) is 5.60 Å². The van der Waals surface area contributed by atoms with Gasteiger partial charge in [0, 0.05) is 0 Å². The van der Waals surface area contributed by atoms with E-state index in [-0.39, 0.29) is 22.7 Å². The maximum Gasteiger partial charge on any atom is 0.225 e. The molecule has 0 spiro atoms. The molecule has 2 fully saturated rings. The number of H-pyrrole nitrogens is 1. The van der Waals surface area contributed by atoms with E-state index in [9.17, 15) is 10.4 Å². The number of nitriles is 1. The summed E-state index contributed by atoms with van der Waals surface area (Å²) in [5, 5.41) is 30.6. The Hall–Kier alpha value is -2.25. The van der Waals surface area contributed by atoms with Crippen molar-refractivity contribution >= 4 is 5.52 Å². The van der Waals surface area contributed by atoms with Gasteiger partial charge in [-0.1, -0.05) is 0 Å². The van der Waals surface area contributed by atoms with E-state index in [4.69, 9.17) is 23.7 Å². The molecule has 2 saturated heterocycles. The zero-order valence-electron chi connectivity index (χ0n) is 15.9. The lowest BCUT2D eigenvalue weighted by atomic mass is 9.92. The monoisotopic (exact) mass is 334 g/mol. The van der Waals surface area contributed by atoms with Crippen LogP contribution >= 0.6 is 0 Å². The molecule has 2 aromatic heterocycles. The van der Waals surface area contributed by atoms with E-state index in [2.05, 4.69) is 10.1 Å². The van der Waals surface area contributed by atoms with Crippen molar-refractivity contribution in [2.75, 3.05) is 6.56 Å². The minimum Gasteiger partial charge on any atom is -0.394 e. The standard InChI is InChI=1S/C15H17N5O4/c1-14(2)23-11-9(5-21)22-15(6-16,12(11)24-14)10-4-3-8-13(17)18-7-19-20(8)10/h3-4,7,9,11-12,21H,5H2,1-2H3,(H2,17,18,19)/t9-,11-,12-,15+/m1/s1/i3D,5D2. The minimum absolute atomic E-state index is 0.0669. The highest BCUT2D eigenvalue weighted by molar-refractivity contribution is 5.48. The van der Waals surface area contributed by atoms with Gasteiger partial charge in [0.15, 0.2) is 11.3 Å². The lowest BCUT2D eigenvalue weighted by Gasteiger charge is -2.28. The second-order valence-corrected chi connectivity index (χ2v) is 6.13. The second-order valence-electron chi connectivity index (χ2n) is 6.13. The number of nitrogens with one attached hydrogen (secondary N) is 2. The zero-order chi connectivity index (χ0) is 19.8. The van der Waals surface area contributed by atoms with Crippen molar-refractivity contribution in [3.05, 3.63) is 29.6 Å². The van der Waals surface area contributed by atoms with E-state index in [0.29, 0.717) is 0 Å². The third kappa shape index (κ3) is 1.88. The van der Waals surface area contributed by atoms with Crippen molar-refractivity contribution in [2.24, 2.45) is 0 Å². The number of aromatic amines is 1. The number of fused-ring (bicyclic) bond motifs is 2. The highest BCUT2D eigenvalue weighted by Gasteiger charge is 2.65. The van der Waals surface area contributed by atoms with Crippen LogP contribution in [0.25, 0.3) is 5.52 Å². The smallest absolute Gasteiger partial charge is 0.225 e. The Balaban J connectivity index is 1.97. The van der Waals surface area contributed by atoms with Crippen LogP contribution in [0.3, 0.4) is 0 Å². The number of hydrogen-bond donors (Lipinski definition) is 3. The first-order valence-electron chi connectivity index (χ1n) is 8.78. The summed E-state index contributed by atoms with van der Waals surface area (Å²) >= 11 is 0. The maximum absolute atomic E-state index is 10.0. The molecule has 2 aliphatic heterocycles. The third-order valence-corrected chi connectivity index (χ3v) is 4.23. The van der Waals surface area contributed by atoms with Gasteiger partial charge in [0.1, 0.15) is 36.2 Å². The topological polar surface area (TPSA) is 129 Å². The summed E-state index contributed by atoms with van der Waals surface area (Å²) in [7, 11) is 0. The Labute approximate surface area is 141 Å². The van der Waals surface area contributed by atoms with Crippen LogP contribution < -0.4 is 5.49 Å². The van der Waals surface area contributed by atoms with E-state index in [0.717, 1.165) is 0 Å². The molecule has 4 heterocycles. The van der Waals surface area contributed by atoms with Crippen molar-refractivity contribution in [3.8, 4) is 6.07 Å². The fourth-order valence-corrected chi connectivity index (χ4v) is 3.29. The van der Waals surface area contributed by atoms with Crippen LogP contribution in [0.1, 0.15) is 23.7 Å². The summed E-state index contributed by atoms with van der Waals surface area (Å²) in [4.78, 5) is 3.79. The molecule has 3 N–H and O–H groups in total. The Morgan fingerprint density at radius 1 is 1.58 bits per heavy atom. The number of nitrogens with zero attached hydrogens (tertiary/aromatic N) is 3. The Kier molecular flexibility index (Phi) is 2.47. The SMILES string of the molecule is [2H]c1cc([C@]2(C#N)O[C@H](C([2H])([2H])O)[C@H]3OC(C)(C)O[C@H]32)n2[nH]cnc(=N)c12. The van der Waals surface area contributed by atoms with E-state index in [1.54, 1.807) is 13.8 Å². The number of aliphatic hydroxyl groups is 1. The van der Waals surface area contributed by atoms with E-state index in [1.165, 1.54) is 16.9 Å². The Bertz CT molecular complexity index is 1020. The Morgan fingerprint density at radius 2 is 2.38 bits per heavy atom. The van der Waals surface area contributed by atoms with Crippen LogP contribution in [0.2, 0.25) is 0 Å². The molecule has 0 aliphatic carbocycles. The first-order chi connectivity index (χ1) is 12.5. The fourth-order valence-electron chi connectivity index (χ4n) is 3.29. The molecule has 9 heteroatoms. The van der Waals surface area contributed by atoms with Gasteiger partial charge in [-0.2, -0.15) is 5.26 Å². The van der Waals surface area contributed by atoms with Gasteiger partial charge in [-0.05, 0) is 26.0 Å². The van der Waals surface area contributed by atoms with Crippen LogP contribution in [0.15, 0.2) is 18.4 Å². The van der Waals surface area contributed by atoms with Gasteiger partial charge in [-0.3, -0.25) is 15.0 Å². The zero-order valence-corrected chi connectivity index (χ0v) is 12.9. The van der Waals surface area contributed by atoms with Crippen molar-refractivity contribution in [3.63, 3.8) is 0 Å². The van der Waals surface area contributed by atoms with Gasteiger partial charge >= 0.3 is 0 Å². The quantitative estimate of drug-likeness (QED) is 0.696. The summed E-state index contributed by atoms with van der Waals surface area (Å²) < 4.78 is 42.1. The maximum atomic E-state index is 10.0. The van der Waals surface area contributed by atoms with Gasteiger partial charge in [0.25, 0.3) is 0 Å². The summed E-state index contributed by atoms with van der Waals surface area (Å²) in [6.45, 7) is 0.428. The van der Waals surface area contributed by atoms with Gasteiger partial charge in [-0.15, -0.1) is 0 Å². The number of ether oxygens (including phenoxy) is 3. The van der Waals surface area contributed by atoms with Crippen LogP contribution in [-0.4, -0.2) is 50.4 Å². The molecule has 0 aromatic carbocycles. The predicted octanol–water partition coefficient (Wildman–Crippen LogP) is -0.228. The molecule has 0 saturated carbocycles. The largest absolute Gasteiger partial charge is 0.394 e. The van der Waals surface area contributed by atoms with Gasteiger partial charge in [-0.25, -0.2) is 4.98 Å². The highest BCUT2D eigenvalue weighted by atomic mass is 16.8. The van der Waals surface area contributed by atoms with Crippen molar-refractivity contribution in [2.45, 2.75) is 43.5 Å². The first kappa shape index (κ1) is 12.2. The molecule has 0 unspecified atom stereocenters. The first-order valence-corrected chi connectivity index (χ1v) is 7.28. The summed E-state index contributed by atoms with van der Waals surface area (Å²) in [5.74, 6) is -1.13. The third-order valence-electron chi connectivity index (χ3n) is 4.23. The summed E-state index contributed by atoms with van der Waals surface area (Å²) in [6.07, 6.45) is -2.40.